The highest BCUT2D eigenvalue weighted by molar-refractivity contribution is 7.16. The van der Waals surface area contributed by atoms with Crippen molar-refractivity contribution in [3.05, 3.63) is 81.7 Å². The van der Waals surface area contributed by atoms with Crippen LogP contribution >= 0.6 is 11.3 Å². The molecule has 0 bridgehead atoms. The molecule has 0 aliphatic heterocycles. The molecule has 1 atom stereocenters. The van der Waals surface area contributed by atoms with Crippen LogP contribution in [0.2, 0.25) is 0 Å². The first-order valence-corrected chi connectivity index (χ1v) is 13.8. The molecule has 1 aromatic heterocycles. The van der Waals surface area contributed by atoms with E-state index in [1.54, 1.807) is 42.5 Å². The van der Waals surface area contributed by atoms with Crippen LogP contribution in [0.1, 0.15) is 69.3 Å². The molecule has 0 saturated carbocycles. The summed E-state index contributed by atoms with van der Waals surface area (Å²) in [7, 11) is 0. The second-order valence-electron chi connectivity index (χ2n) is 9.00. The quantitative estimate of drug-likeness (QED) is 0.231. The maximum Gasteiger partial charge on any atom is 0.341 e. The van der Waals surface area contributed by atoms with Crippen molar-refractivity contribution in [2.45, 2.75) is 45.4 Å². The third kappa shape index (κ3) is 6.81. The summed E-state index contributed by atoms with van der Waals surface area (Å²) < 4.78 is 15.9. The number of fused-ring (bicyclic) bond motifs is 1. The Morgan fingerprint density at radius 3 is 2.45 bits per heavy atom. The molecule has 0 radical (unpaired) electrons. The lowest BCUT2D eigenvalue weighted by Gasteiger charge is -2.23. The molecule has 4 rings (SSSR count). The number of esters is 2. The zero-order valence-electron chi connectivity index (χ0n) is 21.8. The van der Waals surface area contributed by atoms with Crippen molar-refractivity contribution in [1.82, 2.24) is 0 Å². The van der Waals surface area contributed by atoms with Gasteiger partial charge in [-0.1, -0.05) is 30.3 Å². The van der Waals surface area contributed by atoms with Gasteiger partial charge in [0.15, 0.2) is 12.4 Å². The van der Waals surface area contributed by atoms with Crippen LogP contribution in [0.4, 0.5) is 5.00 Å². The molecule has 200 valence electrons. The molecule has 38 heavy (non-hydrogen) atoms. The molecule has 0 saturated heterocycles. The van der Waals surface area contributed by atoms with Gasteiger partial charge in [-0.3, -0.25) is 9.59 Å². The summed E-state index contributed by atoms with van der Waals surface area (Å²) in [4.78, 5) is 38.7. The second kappa shape index (κ2) is 13.2. The van der Waals surface area contributed by atoms with Gasteiger partial charge in [0.1, 0.15) is 10.8 Å². The van der Waals surface area contributed by atoms with Crippen LogP contribution in [-0.4, -0.2) is 44.1 Å². The minimum atomic E-state index is -0.486. The Balaban J connectivity index is 1.34. The maximum absolute atomic E-state index is 12.8. The van der Waals surface area contributed by atoms with Gasteiger partial charge in [-0.2, -0.15) is 0 Å². The molecule has 1 heterocycles. The van der Waals surface area contributed by atoms with E-state index in [1.165, 1.54) is 10.4 Å². The number of rotatable bonds is 12. The van der Waals surface area contributed by atoms with Crippen LogP contribution in [0.25, 0.3) is 0 Å². The summed E-state index contributed by atoms with van der Waals surface area (Å²) >= 11 is 1.56. The van der Waals surface area contributed by atoms with Crippen LogP contribution in [0, 0.1) is 0 Å². The fourth-order valence-corrected chi connectivity index (χ4v) is 5.96. The number of nitrogens with one attached hydrogen (secondary N) is 1. The van der Waals surface area contributed by atoms with E-state index >= 15 is 0 Å². The van der Waals surface area contributed by atoms with Gasteiger partial charge in [0, 0.05) is 17.0 Å². The van der Waals surface area contributed by atoms with Crippen LogP contribution < -0.4 is 10.1 Å². The lowest BCUT2D eigenvalue weighted by Crippen LogP contribution is -2.17. The smallest absolute Gasteiger partial charge is 0.341 e. The van der Waals surface area contributed by atoms with Crippen molar-refractivity contribution in [2.75, 3.05) is 31.7 Å². The highest BCUT2D eigenvalue weighted by Crippen LogP contribution is 2.42. The van der Waals surface area contributed by atoms with Crippen molar-refractivity contribution in [3.8, 4) is 5.75 Å². The Morgan fingerprint density at radius 1 is 0.974 bits per heavy atom. The number of hydrogen-bond donors (Lipinski definition) is 1. The van der Waals surface area contributed by atoms with E-state index in [1.807, 2.05) is 13.0 Å². The predicted octanol–water partition coefficient (Wildman–Crippen LogP) is 5.82. The number of ether oxygens (including phenoxy) is 3. The Kier molecular flexibility index (Phi) is 9.54. The molecule has 1 unspecified atom stereocenters. The number of carbonyl (C=O) groups is 3. The summed E-state index contributed by atoms with van der Waals surface area (Å²) in [5.41, 5.74) is 3.39. The SMILES string of the molecule is CCOC(=O)c1c(NCCC(=O)OCC(=O)c2ccc(OCC)cc2)sc2c1CCC(c1ccccc1)C2. The van der Waals surface area contributed by atoms with Gasteiger partial charge >= 0.3 is 11.9 Å². The largest absolute Gasteiger partial charge is 0.494 e. The highest BCUT2D eigenvalue weighted by Gasteiger charge is 2.30. The van der Waals surface area contributed by atoms with E-state index in [0.717, 1.165) is 29.8 Å². The van der Waals surface area contributed by atoms with E-state index in [9.17, 15) is 14.4 Å². The first kappa shape index (κ1) is 27.4. The van der Waals surface area contributed by atoms with Gasteiger partial charge < -0.3 is 19.5 Å². The molecular formula is C30H33NO6S. The first-order valence-electron chi connectivity index (χ1n) is 13.0. The lowest BCUT2D eigenvalue weighted by molar-refractivity contribution is -0.142. The zero-order valence-corrected chi connectivity index (χ0v) is 22.6. The molecule has 0 fully saturated rings. The maximum atomic E-state index is 12.8. The lowest BCUT2D eigenvalue weighted by atomic mass is 9.83. The van der Waals surface area contributed by atoms with Crippen LogP contribution in [-0.2, 0) is 27.1 Å². The molecule has 1 aliphatic carbocycles. The number of carbonyl (C=O) groups excluding carboxylic acids is 3. The summed E-state index contributed by atoms with van der Waals surface area (Å²) in [6, 6.07) is 17.2. The third-order valence-electron chi connectivity index (χ3n) is 6.48. The minimum absolute atomic E-state index is 0.0635. The van der Waals surface area contributed by atoms with Gasteiger partial charge in [-0.25, -0.2) is 4.79 Å². The molecule has 2 aromatic carbocycles. The first-order chi connectivity index (χ1) is 18.5. The second-order valence-corrected chi connectivity index (χ2v) is 10.1. The molecule has 1 aliphatic rings. The normalized spacial score (nSPS) is 14.3. The standard InChI is InChI=1S/C30H33NO6S/c1-3-35-23-13-10-21(11-14-23)25(32)19-37-27(33)16-17-31-29-28(30(34)36-4-2)24-15-12-22(18-26(24)38-29)20-8-6-5-7-9-20/h5-11,13-14,22,31H,3-4,12,15-19H2,1-2H3. The van der Waals surface area contributed by atoms with E-state index in [4.69, 9.17) is 14.2 Å². The number of anilines is 1. The average Bonchev–Trinajstić information content (AvgIpc) is 3.30. The highest BCUT2D eigenvalue weighted by atomic mass is 32.1. The number of Topliss-reactive ketones (excluding diaryl/α,β-unsaturated/α-hetero) is 1. The van der Waals surface area contributed by atoms with Crippen LogP contribution in [0.5, 0.6) is 5.75 Å². The average molecular weight is 536 g/mol. The molecule has 3 aromatic rings. The Bertz CT molecular complexity index is 1250. The van der Waals surface area contributed by atoms with Gasteiger partial charge in [0.2, 0.25) is 0 Å². The summed E-state index contributed by atoms with van der Waals surface area (Å²) in [6.07, 6.45) is 2.70. The van der Waals surface area contributed by atoms with E-state index in [0.29, 0.717) is 36.0 Å². The van der Waals surface area contributed by atoms with E-state index in [2.05, 4.69) is 29.6 Å². The summed E-state index contributed by atoms with van der Waals surface area (Å²) in [5, 5.41) is 3.97. The molecular weight excluding hydrogens is 502 g/mol. The molecule has 0 spiro atoms. The fraction of sp³-hybridized carbons (Fsp3) is 0.367. The topological polar surface area (TPSA) is 90.9 Å². The number of ketones is 1. The third-order valence-corrected chi connectivity index (χ3v) is 7.69. The minimum Gasteiger partial charge on any atom is -0.494 e. The molecule has 0 amide bonds. The molecule has 7 nitrogen and oxygen atoms in total. The van der Waals surface area contributed by atoms with Crippen molar-refractivity contribution < 1.29 is 28.6 Å². The van der Waals surface area contributed by atoms with Crippen molar-refractivity contribution >= 4 is 34.1 Å². The zero-order chi connectivity index (χ0) is 26.9. The van der Waals surface area contributed by atoms with E-state index < -0.39 is 5.97 Å². The van der Waals surface area contributed by atoms with Crippen molar-refractivity contribution in [1.29, 1.82) is 0 Å². The van der Waals surface area contributed by atoms with E-state index in [-0.39, 0.29) is 31.3 Å². The number of hydrogen-bond acceptors (Lipinski definition) is 8. The summed E-state index contributed by atoms with van der Waals surface area (Å²) in [6.45, 7) is 4.48. The van der Waals surface area contributed by atoms with Gasteiger partial charge in [-0.05, 0) is 74.4 Å². The van der Waals surface area contributed by atoms with Crippen LogP contribution in [0.3, 0.4) is 0 Å². The fourth-order valence-electron chi connectivity index (χ4n) is 4.62. The van der Waals surface area contributed by atoms with Gasteiger partial charge in [0.05, 0.1) is 25.2 Å². The van der Waals surface area contributed by atoms with Crippen LogP contribution in [0.15, 0.2) is 54.6 Å². The molecule has 8 heteroatoms. The molecule has 1 N–H and O–H groups in total. The number of thiophene rings is 1. The Hall–Kier alpha value is -3.65. The van der Waals surface area contributed by atoms with Crippen molar-refractivity contribution in [2.24, 2.45) is 0 Å². The van der Waals surface area contributed by atoms with Gasteiger partial charge in [-0.15, -0.1) is 11.3 Å². The van der Waals surface area contributed by atoms with Crippen molar-refractivity contribution in [3.63, 3.8) is 0 Å². The Labute approximate surface area is 227 Å². The van der Waals surface area contributed by atoms with Gasteiger partial charge in [0.25, 0.3) is 0 Å². The monoisotopic (exact) mass is 535 g/mol. The number of benzene rings is 2. The Morgan fingerprint density at radius 2 is 1.74 bits per heavy atom. The predicted molar refractivity (Wildman–Crippen MR) is 147 cm³/mol. The summed E-state index contributed by atoms with van der Waals surface area (Å²) in [5.74, 6) is -0.0136.